The van der Waals surface area contributed by atoms with Gasteiger partial charge in [0.1, 0.15) is 0 Å². The molecule has 0 spiro atoms. The lowest BCUT2D eigenvalue weighted by atomic mass is 10.0. The van der Waals surface area contributed by atoms with Crippen molar-refractivity contribution in [2.45, 2.75) is 19.9 Å². The highest BCUT2D eigenvalue weighted by Crippen LogP contribution is 2.27. The molecule has 0 bridgehead atoms. The summed E-state index contributed by atoms with van der Waals surface area (Å²) >= 11 is 6.19. The molecule has 0 radical (unpaired) electrons. The van der Waals surface area contributed by atoms with Crippen molar-refractivity contribution < 1.29 is 4.79 Å². The molecule has 1 atom stereocenters. The molecule has 2 aromatic carbocycles. The summed E-state index contributed by atoms with van der Waals surface area (Å²) in [6.45, 7) is 3.90. The number of nitrogens with two attached hydrogens (primary N) is 1. The summed E-state index contributed by atoms with van der Waals surface area (Å²) in [5.41, 5.74) is 8.63. The van der Waals surface area contributed by atoms with Gasteiger partial charge in [0.25, 0.3) is 0 Å². The van der Waals surface area contributed by atoms with Crippen molar-refractivity contribution in [1.82, 2.24) is 0 Å². The van der Waals surface area contributed by atoms with Crippen LogP contribution in [-0.4, -0.2) is 5.91 Å². The smallest absolute Gasteiger partial charge is 0.249 e. The zero-order valence-corrected chi connectivity index (χ0v) is 12.2. The summed E-state index contributed by atoms with van der Waals surface area (Å²) in [4.78, 5) is 11.4. The van der Waals surface area contributed by atoms with Gasteiger partial charge in [-0.05, 0) is 43.2 Å². The molecule has 0 aliphatic rings. The van der Waals surface area contributed by atoms with Gasteiger partial charge in [-0.15, -0.1) is 0 Å². The summed E-state index contributed by atoms with van der Waals surface area (Å²) in [5.74, 6) is -0.420. The molecule has 0 saturated carbocycles. The molecular weight excluding hydrogens is 272 g/mol. The number of rotatable bonds is 4. The second-order valence-corrected chi connectivity index (χ2v) is 5.14. The number of hydrogen-bond acceptors (Lipinski definition) is 2. The largest absolute Gasteiger partial charge is 0.378 e. The number of halogens is 1. The van der Waals surface area contributed by atoms with E-state index in [1.165, 1.54) is 0 Å². The molecule has 0 saturated heterocycles. The number of anilines is 1. The molecule has 1 amide bonds. The molecule has 4 heteroatoms. The number of carbonyl (C=O) groups excluding carboxylic acids is 1. The lowest BCUT2D eigenvalue weighted by Gasteiger charge is -2.19. The molecule has 0 aliphatic carbocycles. The zero-order chi connectivity index (χ0) is 14.7. The summed E-state index contributed by atoms with van der Waals surface area (Å²) in [7, 11) is 0. The van der Waals surface area contributed by atoms with Gasteiger partial charge in [-0.1, -0.05) is 35.9 Å². The first-order valence-corrected chi connectivity index (χ1v) is 6.79. The standard InChI is InChI=1S/C16H17ClN2O/c1-10-12(16(18)20)7-5-9-15(10)19-11(2)13-6-3-4-8-14(13)17/h3-9,11,19H,1-2H3,(H2,18,20). The van der Waals surface area contributed by atoms with Gasteiger partial charge in [0, 0.05) is 22.3 Å². The maximum absolute atomic E-state index is 11.4. The second-order valence-electron chi connectivity index (χ2n) is 4.73. The van der Waals surface area contributed by atoms with Crippen LogP contribution in [0.15, 0.2) is 42.5 Å². The van der Waals surface area contributed by atoms with Crippen molar-refractivity contribution in [2.75, 3.05) is 5.32 Å². The number of carbonyl (C=O) groups is 1. The lowest BCUT2D eigenvalue weighted by Crippen LogP contribution is -2.15. The number of amides is 1. The number of hydrogen-bond donors (Lipinski definition) is 2. The van der Waals surface area contributed by atoms with Gasteiger partial charge in [0.15, 0.2) is 0 Å². The Labute approximate surface area is 123 Å². The highest BCUT2D eigenvalue weighted by Gasteiger charge is 2.12. The van der Waals surface area contributed by atoms with Crippen molar-refractivity contribution in [3.63, 3.8) is 0 Å². The fourth-order valence-electron chi connectivity index (χ4n) is 2.20. The summed E-state index contributed by atoms with van der Waals surface area (Å²) in [6, 6.07) is 13.2. The average molecular weight is 289 g/mol. The minimum atomic E-state index is -0.420. The predicted molar refractivity (Wildman–Crippen MR) is 83.2 cm³/mol. The quantitative estimate of drug-likeness (QED) is 0.896. The van der Waals surface area contributed by atoms with Crippen LogP contribution in [0.1, 0.15) is 34.5 Å². The third-order valence-corrected chi connectivity index (χ3v) is 3.69. The second kappa shape index (κ2) is 5.97. The van der Waals surface area contributed by atoms with Gasteiger partial charge >= 0.3 is 0 Å². The molecule has 0 aliphatic heterocycles. The van der Waals surface area contributed by atoms with E-state index in [9.17, 15) is 4.79 Å². The van der Waals surface area contributed by atoms with E-state index >= 15 is 0 Å². The first kappa shape index (κ1) is 14.4. The van der Waals surface area contributed by atoms with E-state index < -0.39 is 5.91 Å². The first-order chi connectivity index (χ1) is 9.50. The van der Waals surface area contributed by atoms with E-state index in [1.54, 1.807) is 6.07 Å². The minimum absolute atomic E-state index is 0.0329. The van der Waals surface area contributed by atoms with E-state index in [2.05, 4.69) is 5.32 Å². The Balaban J connectivity index is 2.29. The van der Waals surface area contributed by atoms with Gasteiger partial charge in [0.05, 0.1) is 0 Å². The van der Waals surface area contributed by atoms with Gasteiger partial charge in [-0.3, -0.25) is 4.79 Å². The Morgan fingerprint density at radius 1 is 1.20 bits per heavy atom. The topological polar surface area (TPSA) is 55.1 Å². The fourth-order valence-corrected chi connectivity index (χ4v) is 2.50. The van der Waals surface area contributed by atoms with Crippen LogP contribution < -0.4 is 11.1 Å². The minimum Gasteiger partial charge on any atom is -0.378 e. The predicted octanol–water partition coefficient (Wildman–Crippen LogP) is 3.92. The summed E-state index contributed by atoms with van der Waals surface area (Å²) in [5, 5.41) is 4.09. The molecule has 0 fully saturated rings. The van der Waals surface area contributed by atoms with Crippen molar-refractivity contribution in [3.05, 3.63) is 64.2 Å². The molecule has 1 unspecified atom stereocenters. The SMILES string of the molecule is Cc1c(NC(C)c2ccccc2Cl)cccc1C(N)=O. The molecule has 0 heterocycles. The Bertz CT molecular complexity index is 640. The Kier molecular flexibility index (Phi) is 4.30. The van der Waals surface area contributed by atoms with E-state index in [4.69, 9.17) is 17.3 Å². The third-order valence-electron chi connectivity index (χ3n) is 3.34. The van der Waals surface area contributed by atoms with E-state index in [-0.39, 0.29) is 6.04 Å². The Morgan fingerprint density at radius 2 is 1.90 bits per heavy atom. The van der Waals surface area contributed by atoms with E-state index in [0.717, 1.165) is 21.8 Å². The van der Waals surface area contributed by atoms with Crippen molar-refractivity contribution in [3.8, 4) is 0 Å². The maximum Gasteiger partial charge on any atom is 0.249 e. The Hall–Kier alpha value is -2.00. The third kappa shape index (κ3) is 2.94. The normalized spacial score (nSPS) is 11.9. The van der Waals surface area contributed by atoms with Gasteiger partial charge in [-0.2, -0.15) is 0 Å². The Morgan fingerprint density at radius 3 is 2.55 bits per heavy atom. The van der Waals surface area contributed by atoms with Crippen LogP contribution in [0.5, 0.6) is 0 Å². The summed E-state index contributed by atoms with van der Waals surface area (Å²) in [6.07, 6.45) is 0. The highest BCUT2D eigenvalue weighted by molar-refractivity contribution is 6.31. The molecule has 0 aromatic heterocycles. The first-order valence-electron chi connectivity index (χ1n) is 6.41. The van der Waals surface area contributed by atoms with Crippen LogP contribution in [0.4, 0.5) is 5.69 Å². The molecule has 2 aromatic rings. The average Bonchev–Trinajstić information content (AvgIpc) is 2.41. The van der Waals surface area contributed by atoms with Gasteiger partial charge in [-0.25, -0.2) is 0 Å². The van der Waals surface area contributed by atoms with Gasteiger partial charge < -0.3 is 11.1 Å². The van der Waals surface area contributed by atoms with Gasteiger partial charge in [0.2, 0.25) is 5.91 Å². The van der Waals surface area contributed by atoms with E-state index in [1.807, 2.05) is 50.2 Å². The van der Waals surface area contributed by atoms with Crippen LogP contribution in [0.2, 0.25) is 5.02 Å². The fraction of sp³-hybridized carbons (Fsp3) is 0.188. The molecule has 20 heavy (non-hydrogen) atoms. The van der Waals surface area contributed by atoms with Crippen LogP contribution in [0.25, 0.3) is 0 Å². The molecule has 3 nitrogen and oxygen atoms in total. The van der Waals surface area contributed by atoms with Crippen molar-refractivity contribution in [1.29, 1.82) is 0 Å². The molecule has 2 rings (SSSR count). The van der Waals surface area contributed by atoms with Crippen molar-refractivity contribution >= 4 is 23.2 Å². The molecular formula is C16H17ClN2O. The molecule has 104 valence electrons. The van der Waals surface area contributed by atoms with Crippen LogP contribution in [0, 0.1) is 6.92 Å². The van der Waals surface area contributed by atoms with Crippen LogP contribution in [0.3, 0.4) is 0 Å². The lowest BCUT2D eigenvalue weighted by molar-refractivity contribution is 0.1000. The number of benzene rings is 2. The number of nitrogens with one attached hydrogen (secondary N) is 1. The maximum atomic E-state index is 11.4. The monoisotopic (exact) mass is 288 g/mol. The summed E-state index contributed by atoms with van der Waals surface area (Å²) < 4.78 is 0. The zero-order valence-electron chi connectivity index (χ0n) is 11.5. The van der Waals surface area contributed by atoms with Crippen molar-refractivity contribution in [2.24, 2.45) is 5.73 Å². The van der Waals surface area contributed by atoms with E-state index in [0.29, 0.717) is 5.56 Å². The van der Waals surface area contributed by atoms with Crippen LogP contribution in [-0.2, 0) is 0 Å². The molecule has 3 N–H and O–H groups in total. The van der Waals surface area contributed by atoms with Crippen LogP contribution >= 0.6 is 11.6 Å². The highest BCUT2D eigenvalue weighted by atomic mass is 35.5. The number of primary amides is 1.